The molecule has 2 aromatic rings. The minimum atomic E-state index is 0.0357. The van der Waals surface area contributed by atoms with E-state index in [9.17, 15) is 4.79 Å². The van der Waals surface area contributed by atoms with Crippen LogP contribution in [0.15, 0.2) is 16.0 Å². The number of aryl methyl sites for hydroxylation is 3. The number of nitrogens with one attached hydrogen (secondary N) is 1. The van der Waals surface area contributed by atoms with Crippen molar-refractivity contribution in [1.29, 1.82) is 0 Å². The number of thioether (sulfide) groups is 1. The molecule has 0 fully saturated rings. The monoisotopic (exact) mass is 309 g/mol. The number of aromatic nitrogens is 4. The predicted octanol–water partition coefficient (Wildman–Crippen LogP) is 1.26. The summed E-state index contributed by atoms with van der Waals surface area (Å²) in [7, 11) is 1.89. The Morgan fingerprint density at radius 3 is 2.90 bits per heavy atom. The molecule has 0 aliphatic carbocycles. The van der Waals surface area contributed by atoms with Crippen LogP contribution in [-0.4, -0.2) is 38.1 Å². The molecular weight excluding hydrogens is 290 g/mol. The molecule has 7 nitrogen and oxygen atoms in total. The van der Waals surface area contributed by atoms with Crippen LogP contribution >= 0.6 is 11.8 Å². The minimum Gasteiger partial charge on any atom is -0.361 e. The summed E-state index contributed by atoms with van der Waals surface area (Å²) in [6, 6.07) is 0. The van der Waals surface area contributed by atoms with E-state index in [0.717, 1.165) is 27.9 Å². The van der Waals surface area contributed by atoms with E-state index >= 15 is 0 Å². The average Bonchev–Trinajstić information content (AvgIpc) is 3.00. The number of amides is 1. The smallest absolute Gasteiger partial charge is 0.220 e. The van der Waals surface area contributed by atoms with E-state index in [4.69, 9.17) is 4.52 Å². The maximum atomic E-state index is 11.8. The zero-order valence-electron chi connectivity index (χ0n) is 12.4. The Hall–Kier alpha value is -1.83. The van der Waals surface area contributed by atoms with Gasteiger partial charge in [0.15, 0.2) is 5.16 Å². The van der Waals surface area contributed by atoms with Crippen LogP contribution in [-0.2, 0) is 18.3 Å². The fourth-order valence-electron chi connectivity index (χ4n) is 1.92. The van der Waals surface area contributed by atoms with E-state index in [1.165, 1.54) is 0 Å². The lowest BCUT2D eigenvalue weighted by molar-refractivity contribution is -0.120. The number of nitrogens with zero attached hydrogens (tertiary/aromatic N) is 4. The summed E-state index contributed by atoms with van der Waals surface area (Å²) in [5.74, 6) is 1.59. The molecule has 2 heterocycles. The molecule has 21 heavy (non-hydrogen) atoms. The van der Waals surface area contributed by atoms with Gasteiger partial charge in [0.1, 0.15) is 12.1 Å². The van der Waals surface area contributed by atoms with Crippen molar-refractivity contribution in [3.63, 3.8) is 0 Å². The summed E-state index contributed by atoms with van der Waals surface area (Å²) in [6.07, 6.45) is 2.76. The van der Waals surface area contributed by atoms with Gasteiger partial charge >= 0.3 is 0 Å². The van der Waals surface area contributed by atoms with Crippen molar-refractivity contribution < 1.29 is 9.32 Å². The lowest BCUT2D eigenvalue weighted by atomic mass is 10.1. The van der Waals surface area contributed by atoms with E-state index in [0.29, 0.717) is 19.4 Å². The Kier molecular flexibility index (Phi) is 5.38. The number of hydrogen-bond donors (Lipinski definition) is 1. The molecule has 0 aromatic carbocycles. The van der Waals surface area contributed by atoms with Crippen molar-refractivity contribution in [1.82, 2.24) is 25.2 Å². The normalized spacial score (nSPS) is 10.8. The largest absolute Gasteiger partial charge is 0.361 e. The lowest BCUT2D eigenvalue weighted by Gasteiger charge is -2.05. The molecule has 0 unspecified atom stereocenters. The average molecular weight is 309 g/mol. The number of rotatable bonds is 7. The summed E-state index contributed by atoms with van der Waals surface area (Å²) in [4.78, 5) is 11.8. The van der Waals surface area contributed by atoms with Gasteiger partial charge in [-0.2, -0.15) is 0 Å². The van der Waals surface area contributed by atoms with Crippen LogP contribution in [0.1, 0.15) is 23.4 Å². The van der Waals surface area contributed by atoms with Crippen molar-refractivity contribution >= 4 is 17.7 Å². The molecule has 1 amide bonds. The highest BCUT2D eigenvalue weighted by Gasteiger charge is 2.11. The van der Waals surface area contributed by atoms with Gasteiger partial charge in [0, 0.05) is 31.3 Å². The predicted molar refractivity (Wildman–Crippen MR) is 79.0 cm³/mol. The second-order valence-electron chi connectivity index (χ2n) is 4.73. The van der Waals surface area contributed by atoms with Gasteiger partial charge in [-0.3, -0.25) is 4.79 Å². The number of hydrogen-bond acceptors (Lipinski definition) is 6. The maximum Gasteiger partial charge on any atom is 0.220 e. The number of carbonyl (C=O) groups excluding carboxylic acids is 1. The molecule has 0 atom stereocenters. The summed E-state index contributed by atoms with van der Waals surface area (Å²) in [6.45, 7) is 4.37. The Bertz CT molecular complexity index is 588. The van der Waals surface area contributed by atoms with Crippen LogP contribution in [0.2, 0.25) is 0 Å². The Morgan fingerprint density at radius 1 is 1.48 bits per heavy atom. The second kappa shape index (κ2) is 7.26. The van der Waals surface area contributed by atoms with E-state index < -0.39 is 0 Å². The van der Waals surface area contributed by atoms with E-state index in [1.807, 2.05) is 25.5 Å². The SMILES string of the molecule is Cc1noc(C)c1CCC(=O)NCCSc1nncn1C. The Labute approximate surface area is 127 Å². The standard InChI is InChI=1S/C13H19N5O2S/c1-9-11(10(2)20-17-9)4-5-12(19)14-6-7-21-13-16-15-8-18(13)3/h8H,4-7H2,1-3H3,(H,14,19). The van der Waals surface area contributed by atoms with Gasteiger partial charge < -0.3 is 14.4 Å². The molecule has 0 aliphatic rings. The van der Waals surface area contributed by atoms with Crippen LogP contribution in [0.5, 0.6) is 0 Å². The van der Waals surface area contributed by atoms with Gasteiger partial charge in [0.25, 0.3) is 0 Å². The van der Waals surface area contributed by atoms with Crippen LogP contribution in [0.25, 0.3) is 0 Å². The Morgan fingerprint density at radius 2 is 2.29 bits per heavy atom. The van der Waals surface area contributed by atoms with Crippen molar-refractivity contribution in [3.8, 4) is 0 Å². The lowest BCUT2D eigenvalue weighted by Crippen LogP contribution is -2.26. The highest BCUT2D eigenvalue weighted by Crippen LogP contribution is 2.14. The van der Waals surface area contributed by atoms with Gasteiger partial charge in [-0.25, -0.2) is 0 Å². The summed E-state index contributed by atoms with van der Waals surface area (Å²) < 4.78 is 6.93. The summed E-state index contributed by atoms with van der Waals surface area (Å²) >= 11 is 1.57. The van der Waals surface area contributed by atoms with Crippen LogP contribution in [0.4, 0.5) is 0 Å². The van der Waals surface area contributed by atoms with E-state index in [-0.39, 0.29) is 5.91 Å². The molecule has 2 rings (SSSR count). The maximum absolute atomic E-state index is 11.8. The third-order valence-electron chi connectivity index (χ3n) is 3.11. The number of carbonyl (C=O) groups is 1. The van der Waals surface area contributed by atoms with Crippen LogP contribution in [0, 0.1) is 13.8 Å². The Balaban J connectivity index is 1.65. The first-order valence-corrected chi connectivity index (χ1v) is 7.71. The summed E-state index contributed by atoms with van der Waals surface area (Å²) in [5.41, 5.74) is 1.89. The second-order valence-corrected chi connectivity index (χ2v) is 5.79. The molecule has 0 saturated carbocycles. The molecule has 0 radical (unpaired) electrons. The molecule has 2 aromatic heterocycles. The topological polar surface area (TPSA) is 85.8 Å². The van der Waals surface area contributed by atoms with E-state index in [1.54, 1.807) is 18.1 Å². The molecule has 0 spiro atoms. The molecule has 0 bridgehead atoms. The molecule has 8 heteroatoms. The van der Waals surface area contributed by atoms with Crippen LogP contribution < -0.4 is 5.32 Å². The molecular formula is C13H19N5O2S. The van der Waals surface area contributed by atoms with Gasteiger partial charge in [0.05, 0.1) is 5.69 Å². The molecule has 1 N–H and O–H groups in total. The first-order chi connectivity index (χ1) is 10.1. The van der Waals surface area contributed by atoms with Gasteiger partial charge in [0.2, 0.25) is 5.91 Å². The van der Waals surface area contributed by atoms with Crippen molar-refractivity contribution in [2.45, 2.75) is 31.8 Å². The quantitative estimate of drug-likeness (QED) is 0.612. The first-order valence-electron chi connectivity index (χ1n) is 6.73. The van der Waals surface area contributed by atoms with Gasteiger partial charge in [-0.05, 0) is 20.3 Å². The highest BCUT2D eigenvalue weighted by atomic mass is 32.2. The zero-order valence-corrected chi connectivity index (χ0v) is 13.2. The molecule has 114 valence electrons. The van der Waals surface area contributed by atoms with Crippen molar-refractivity contribution in [2.24, 2.45) is 7.05 Å². The fraction of sp³-hybridized carbons (Fsp3) is 0.538. The molecule has 0 aliphatic heterocycles. The van der Waals surface area contributed by atoms with Gasteiger partial charge in [-0.15, -0.1) is 10.2 Å². The first kappa shape index (κ1) is 15.6. The zero-order chi connectivity index (χ0) is 15.2. The fourth-order valence-corrected chi connectivity index (χ4v) is 2.66. The third kappa shape index (κ3) is 4.32. The summed E-state index contributed by atoms with van der Waals surface area (Å²) in [5, 5.41) is 15.4. The van der Waals surface area contributed by atoms with Crippen LogP contribution in [0.3, 0.4) is 0 Å². The molecule has 0 saturated heterocycles. The minimum absolute atomic E-state index is 0.0357. The third-order valence-corrected chi connectivity index (χ3v) is 4.14. The van der Waals surface area contributed by atoms with Crippen molar-refractivity contribution in [3.05, 3.63) is 23.3 Å². The van der Waals surface area contributed by atoms with Crippen molar-refractivity contribution in [2.75, 3.05) is 12.3 Å². The highest BCUT2D eigenvalue weighted by molar-refractivity contribution is 7.99. The van der Waals surface area contributed by atoms with E-state index in [2.05, 4.69) is 20.7 Å². The van der Waals surface area contributed by atoms with Gasteiger partial charge in [-0.1, -0.05) is 16.9 Å².